The fraction of sp³-hybridized carbons (Fsp3) is 0.545. The standard InChI is InChI=1S/C11H18N2O/c1-4-10(8-12-3)14-11-6-5-7-13-9(11)2/h5-7,10,12H,4,8H2,1-3H3. The Morgan fingerprint density at radius 3 is 2.93 bits per heavy atom. The largest absolute Gasteiger partial charge is 0.487 e. The first-order chi connectivity index (χ1) is 6.77. The van der Waals surface area contributed by atoms with Crippen molar-refractivity contribution >= 4 is 0 Å². The molecule has 0 saturated carbocycles. The minimum atomic E-state index is 0.225. The molecule has 1 heterocycles. The van der Waals surface area contributed by atoms with Gasteiger partial charge in [0, 0.05) is 12.7 Å². The van der Waals surface area contributed by atoms with Crippen molar-refractivity contribution in [3.8, 4) is 5.75 Å². The molecule has 1 aromatic heterocycles. The molecular weight excluding hydrogens is 176 g/mol. The SMILES string of the molecule is CCC(CNC)Oc1cccnc1C. The molecule has 1 N–H and O–H groups in total. The molecule has 0 aliphatic carbocycles. The van der Waals surface area contributed by atoms with Crippen LogP contribution in [0, 0.1) is 6.92 Å². The number of hydrogen-bond acceptors (Lipinski definition) is 3. The molecule has 0 aromatic carbocycles. The van der Waals surface area contributed by atoms with Crippen LogP contribution >= 0.6 is 0 Å². The number of ether oxygens (including phenoxy) is 1. The average Bonchev–Trinajstić information content (AvgIpc) is 2.20. The highest BCUT2D eigenvalue weighted by Crippen LogP contribution is 2.16. The number of rotatable bonds is 5. The van der Waals surface area contributed by atoms with Gasteiger partial charge in [-0.25, -0.2) is 0 Å². The molecule has 0 radical (unpaired) electrons. The Bertz CT molecular complexity index is 276. The average molecular weight is 194 g/mol. The van der Waals surface area contributed by atoms with E-state index in [0.29, 0.717) is 0 Å². The van der Waals surface area contributed by atoms with Gasteiger partial charge in [-0.15, -0.1) is 0 Å². The molecule has 0 aliphatic heterocycles. The number of aryl methyl sites for hydroxylation is 1. The van der Waals surface area contributed by atoms with E-state index in [9.17, 15) is 0 Å². The molecule has 14 heavy (non-hydrogen) atoms. The molecule has 78 valence electrons. The van der Waals surface area contributed by atoms with E-state index in [1.807, 2.05) is 26.1 Å². The maximum absolute atomic E-state index is 5.81. The third-order valence-electron chi connectivity index (χ3n) is 2.14. The normalized spacial score (nSPS) is 12.5. The van der Waals surface area contributed by atoms with Crippen molar-refractivity contribution < 1.29 is 4.74 Å². The molecule has 0 fully saturated rings. The minimum absolute atomic E-state index is 0.225. The number of pyridine rings is 1. The Labute approximate surface area is 85.5 Å². The lowest BCUT2D eigenvalue weighted by atomic mass is 10.2. The monoisotopic (exact) mass is 194 g/mol. The number of likely N-dealkylation sites (N-methyl/N-ethyl adjacent to an activating group) is 1. The van der Waals surface area contributed by atoms with Crippen LogP contribution in [0.2, 0.25) is 0 Å². The van der Waals surface area contributed by atoms with Crippen LogP contribution in [0.3, 0.4) is 0 Å². The summed E-state index contributed by atoms with van der Waals surface area (Å²) in [5.41, 5.74) is 0.946. The Balaban J connectivity index is 2.62. The third kappa shape index (κ3) is 3.00. The van der Waals surface area contributed by atoms with E-state index in [1.54, 1.807) is 6.20 Å². The zero-order valence-electron chi connectivity index (χ0n) is 9.08. The van der Waals surface area contributed by atoms with E-state index in [4.69, 9.17) is 4.74 Å². The van der Waals surface area contributed by atoms with Gasteiger partial charge in [0.2, 0.25) is 0 Å². The lowest BCUT2D eigenvalue weighted by Gasteiger charge is -2.17. The van der Waals surface area contributed by atoms with Crippen LogP contribution in [0.4, 0.5) is 0 Å². The Morgan fingerprint density at radius 1 is 1.57 bits per heavy atom. The first kappa shape index (κ1) is 11.0. The molecule has 1 unspecified atom stereocenters. The van der Waals surface area contributed by atoms with Crippen molar-refractivity contribution in [2.45, 2.75) is 26.4 Å². The van der Waals surface area contributed by atoms with Gasteiger partial charge in [0.15, 0.2) is 0 Å². The lowest BCUT2D eigenvalue weighted by molar-refractivity contribution is 0.194. The van der Waals surface area contributed by atoms with Crippen LogP contribution in [-0.2, 0) is 0 Å². The summed E-state index contributed by atoms with van der Waals surface area (Å²) in [6, 6.07) is 3.86. The number of nitrogens with one attached hydrogen (secondary N) is 1. The zero-order valence-corrected chi connectivity index (χ0v) is 9.08. The molecule has 1 atom stereocenters. The maximum Gasteiger partial charge on any atom is 0.140 e. The smallest absolute Gasteiger partial charge is 0.140 e. The summed E-state index contributed by atoms with van der Waals surface area (Å²) in [6.07, 6.45) is 3.00. The predicted octanol–water partition coefficient (Wildman–Crippen LogP) is 1.77. The van der Waals surface area contributed by atoms with E-state index >= 15 is 0 Å². The van der Waals surface area contributed by atoms with Gasteiger partial charge in [0.1, 0.15) is 11.9 Å². The van der Waals surface area contributed by atoms with Gasteiger partial charge in [0.05, 0.1) is 5.69 Å². The van der Waals surface area contributed by atoms with Gasteiger partial charge in [-0.05, 0) is 32.5 Å². The van der Waals surface area contributed by atoms with Gasteiger partial charge in [-0.2, -0.15) is 0 Å². The molecule has 1 aromatic rings. The van der Waals surface area contributed by atoms with Gasteiger partial charge in [-0.1, -0.05) is 6.92 Å². The van der Waals surface area contributed by atoms with Crippen molar-refractivity contribution in [1.82, 2.24) is 10.3 Å². The highest BCUT2D eigenvalue weighted by molar-refractivity contribution is 5.25. The van der Waals surface area contributed by atoms with E-state index in [-0.39, 0.29) is 6.10 Å². The maximum atomic E-state index is 5.81. The molecule has 1 rings (SSSR count). The summed E-state index contributed by atoms with van der Waals surface area (Å²) < 4.78 is 5.81. The topological polar surface area (TPSA) is 34.1 Å². The van der Waals surface area contributed by atoms with E-state index in [1.165, 1.54) is 0 Å². The molecule has 0 spiro atoms. The predicted molar refractivity (Wildman–Crippen MR) is 57.6 cm³/mol. The first-order valence-corrected chi connectivity index (χ1v) is 5.00. The molecule has 3 heteroatoms. The number of aromatic nitrogens is 1. The molecule has 3 nitrogen and oxygen atoms in total. The highest BCUT2D eigenvalue weighted by Gasteiger charge is 2.08. The quantitative estimate of drug-likeness (QED) is 0.775. The first-order valence-electron chi connectivity index (χ1n) is 5.00. The summed E-state index contributed by atoms with van der Waals surface area (Å²) in [6.45, 7) is 4.94. The van der Waals surface area contributed by atoms with Crippen LogP contribution in [-0.4, -0.2) is 24.7 Å². The highest BCUT2D eigenvalue weighted by atomic mass is 16.5. The number of nitrogens with zero attached hydrogens (tertiary/aromatic N) is 1. The van der Waals surface area contributed by atoms with Crippen LogP contribution in [0.15, 0.2) is 18.3 Å². The van der Waals surface area contributed by atoms with Crippen molar-refractivity contribution in [3.05, 3.63) is 24.0 Å². The summed E-state index contributed by atoms with van der Waals surface area (Å²) in [7, 11) is 1.93. The second-order valence-electron chi connectivity index (χ2n) is 3.29. The summed E-state index contributed by atoms with van der Waals surface area (Å²) in [5, 5.41) is 3.11. The second kappa shape index (κ2) is 5.60. The van der Waals surface area contributed by atoms with Gasteiger partial charge in [-0.3, -0.25) is 4.98 Å². The zero-order chi connectivity index (χ0) is 10.4. The summed E-state index contributed by atoms with van der Waals surface area (Å²) in [5.74, 6) is 0.884. The van der Waals surface area contributed by atoms with Crippen molar-refractivity contribution in [2.24, 2.45) is 0 Å². The van der Waals surface area contributed by atoms with Gasteiger partial charge < -0.3 is 10.1 Å². The second-order valence-corrected chi connectivity index (χ2v) is 3.29. The molecular formula is C11H18N2O. The summed E-state index contributed by atoms with van der Waals surface area (Å²) >= 11 is 0. The summed E-state index contributed by atoms with van der Waals surface area (Å²) in [4.78, 5) is 4.18. The van der Waals surface area contributed by atoms with Crippen LogP contribution in [0.5, 0.6) is 5.75 Å². The molecule has 0 aliphatic rings. The van der Waals surface area contributed by atoms with Gasteiger partial charge >= 0.3 is 0 Å². The molecule has 0 bridgehead atoms. The van der Waals surface area contributed by atoms with E-state index in [0.717, 1.165) is 24.4 Å². The molecule has 0 amide bonds. The van der Waals surface area contributed by atoms with Crippen molar-refractivity contribution in [3.63, 3.8) is 0 Å². The Hall–Kier alpha value is -1.09. The van der Waals surface area contributed by atoms with E-state index < -0.39 is 0 Å². The van der Waals surface area contributed by atoms with Crippen LogP contribution < -0.4 is 10.1 Å². The number of hydrogen-bond donors (Lipinski definition) is 1. The Morgan fingerprint density at radius 2 is 2.36 bits per heavy atom. The van der Waals surface area contributed by atoms with Crippen molar-refractivity contribution in [2.75, 3.05) is 13.6 Å². The molecule has 0 saturated heterocycles. The third-order valence-corrected chi connectivity index (χ3v) is 2.14. The van der Waals surface area contributed by atoms with Crippen LogP contribution in [0.25, 0.3) is 0 Å². The fourth-order valence-corrected chi connectivity index (χ4v) is 1.27. The Kier molecular flexibility index (Phi) is 4.40. The van der Waals surface area contributed by atoms with Crippen molar-refractivity contribution in [1.29, 1.82) is 0 Å². The fourth-order valence-electron chi connectivity index (χ4n) is 1.27. The van der Waals surface area contributed by atoms with Gasteiger partial charge in [0.25, 0.3) is 0 Å². The van der Waals surface area contributed by atoms with Crippen LogP contribution in [0.1, 0.15) is 19.0 Å². The minimum Gasteiger partial charge on any atom is -0.487 e. The lowest BCUT2D eigenvalue weighted by Crippen LogP contribution is -2.28. The van der Waals surface area contributed by atoms with E-state index in [2.05, 4.69) is 17.2 Å².